The summed E-state index contributed by atoms with van der Waals surface area (Å²) < 4.78 is 0. The van der Waals surface area contributed by atoms with Gasteiger partial charge in [0.05, 0.1) is 12.6 Å². The van der Waals surface area contributed by atoms with Gasteiger partial charge >= 0.3 is 0 Å². The molecule has 1 rings (SSSR count). The zero-order valence-electron chi connectivity index (χ0n) is 10.3. The zero-order chi connectivity index (χ0) is 12.8. The van der Waals surface area contributed by atoms with Gasteiger partial charge in [0.15, 0.2) is 0 Å². The van der Waals surface area contributed by atoms with Gasteiger partial charge in [-0.2, -0.15) is 15.0 Å². The van der Waals surface area contributed by atoms with Crippen LogP contribution in [0, 0.1) is 0 Å². The fourth-order valence-electron chi connectivity index (χ4n) is 1.13. The molecule has 0 aliphatic carbocycles. The Kier molecular flexibility index (Phi) is 5.37. The molecule has 0 fully saturated rings. The first-order valence-electron chi connectivity index (χ1n) is 5.57. The van der Waals surface area contributed by atoms with Gasteiger partial charge in [-0.1, -0.05) is 6.92 Å². The minimum absolute atomic E-state index is 0.0253. The van der Waals surface area contributed by atoms with Gasteiger partial charge in [-0.05, 0) is 24.9 Å². The predicted octanol–water partition coefficient (Wildman–Crippen LogP) is 1.16. The number of aliphatic hydroxyl groups excluding tert-OH is 1. The molecular formula is C10H18ClN5O. The summed E-state index contributed by atoms with van der Waals surface area (Å²) >= 11 is 5.83. The number of rotatable bonds is 6. The number of nitrogens with one attached hydrogen (secondary N) is 1. The second-order valence-corrected chi connectivity index (χ2v) is 4.14. The van der Waals surface area contributed by atoms with E-state index >= 15 is 0 Å². The van der Waals surface area contributed by atoms with Crippen LogP contribution in [0.2, 0.25) is 5.28 Å². The van der Waals surface area contributed by atoms with E-state index < -0.39 is 0 Å². The van der Waals surface area contributed by atoms with Crippen molar-refractivity contribution in [3.63, 3.8) is 0 Å². The van der Waals surface area contributed by atoms with Crippen molar-refractivity contribution in [3.8, 4) is 0 Å². The quantitative estimate of drug-likeness (QED) is 0.799. The standard InChI is InChI=1S/C10H18ClN5O/c1-4-5-12-9-13-8(11)14-10(15-9)16(3)7(2)6-17/h7,17H,4-6H2,1-3H3,(H,12,13,14,15). The van der Waals surface area contributed by atoms with E-state index in [1.54, 1.807) is 11.9 Å². The number of nitrogens with zero attached hydrogens (tertiary/aromatic N) is 4. The highest BCUT2D eigenvalue weighted by atomic mass is 35.5. The first kappa shape index (κ1) is 13.9. The van der Waals surface area contributed by atoms with Crippen LogP contribution in [0.5, 0.6) is 0 Å². The van der Waals surface area contributed by atoms with Crippen LogP contribution in [0.25, 0.3) is 0 Å². The second kappa shape index (κ2) is 6.56. The fourth-order valence-corrected chi connectivity index (χ4v) is 1.29. The van der Waals surface area contributed by atoms with Crippen LogP contribution in [-0.2, 0) is 0 Å². The van der Waals surface area contributed by atoms with Crippen molar-refractivity contribution < 1.29 is 5.11 Å². The molecule has 17 heavy (non-hydrogen) atoms. The maximum Gasteiger partial charge on any atom is 0.231 e. The highest BCUT2D eigenvalue weighted by molar-refractivity contribution is 6.28. The van der Waals surface area contributed by atoms with Crippen LogP contribution < -0.4 is 10.2 Å². The first-order chi connectivity index (χ1) is 8.08. The van der Waals surface area contributed by atoms with Crippen LogP contribution in [0.4, 0.5) is 11.9 Å². The van der Waals surface area contributed by atoms with Crippen molar-refractivity contribution >= 4 is 23.5 Å². The molecule has 6 nitrogen and oxygen atoms in total. The van der Waals surface area contributed by atoms with Crippen molar-refractivity contribution in [2.24, 2.45) is 0 Å². The Morgan fingerprint density at radius 2 is 2.12 bits per heavy atom. The Morgan fingerprint density at radius 3 is 2.71 bits per heavy atom. The SMILES string of the molecule is CCCNc1nc(Cl)nc(N(C)C(C)CO)n1. The van der Waals surface area contributed by atoms with Crippen molar-refractivity contribution in [2.75, 3.05) is 30.4 Å². The lowest BCUT2D eigenvalue weighted by Gasteiger charge is -2.23. The summed E-state index contributed by atoms with van der Waals surface area (Å²) in [6.07, 6.45) is 0.974. The molecule has 0 amide bonds. The minimum Gasteiger partial charge on any atom is -0.394 e. The number of halogens is 1. The maximum absolute atomic E-state index is 9.09. The highest BCUT2D eigenvalue weighted by Crippen LogP contribution is 2.14. The minimum atomic E-state index is -0.0764. The molecule has 1 aromatic heterocycles. The number of hydrogen-bond donors (Lipinski definition) is 2. The third-order valence-corrected chi connectivity index (χ3v) is 2.54. The number of anilines is 2. The molecule has 1 atom stereocenters. The zero-order valence-corrected chi connectivity index (χ0v) is 11.1. The number of aromatic nitrogens is 3. The van der Waals surface area contributed by atoms with E-state index in [9.17, 15) is 0 Å². The molecule has 0 bridgehead atoms. The van der Waals surface area contributed by atoms with Crippen LogP contribution in [0.1, 0.15) is 20.3 Å². The van der Waals surface area contributed by atoms with Gasteiger partial charge in [-0.25, -0.2) is 0 Å². The largest absolute Gasteiger partial charge is 0.394 e. The van der Waals surface area contributed by atoms with Gasteiger partial charge in [0.25, 0.3) is 0 Å². The highest BCUT2D eigenvalue weighted by Gasteiger charge is 2.14. The Balaban J connectivity index is 2.88. The average Bonchev–Trinajstić information content (AvgIpc) is 2.33. The predicted molar refractivity (Wildman–Crippen MR) is 68.6 cm³/mol. The molecular weight excluding hydrogens is 242 g/mol. The molecule has 7 heteroatoms. The average molecular weight is 260 g/mol. The van der Waals surface area contributed by atoms with Crippen LogP contribution in [0.15, 0.2) is 0 Å². The molecule has 0 saturated carbocycles. The molecule has 1 unspecified atom stereocenters. The molecule has 96 valence electrons. The van der Waals surface area contributed by atoms with Crippen LogP contribution in [0.3, 0.4) is 0 Å². The third-order valence-electron chi connectivity index (χ3n) is 2.37. The van der Waals surface area contributed by atoms with E-state index in [0.29, 0.717) is 11.9 Å². The number of likely N-dealkylation sites (N-methyl/N-ethyl adjacent to an activating group) is 1. The summed E-state index contributed by atoms with van der Waals surface area (Å²) in [6.45, 7) is 4.73. The van der Waals surface area contributed by atoms with Crippen molar-refractivity contribution in [1.82, 2.24) is 15.0 Å². The molecule has 2 N–H and O–H groups in total. The van der Waals surface area contributed by atoms with Gasteiger partial charge in [0, 0.05) is 13.6 Å². The fraction of sp³-hybridized carbons (Fsp3) is 0.700. The normalized spacial score (nSPS) is 12.3. The molecule has 0 aliphatic heterocycles. The van der Waals surface area contributed by atoms with Gasteiger partial charge in [0.1, 0.15) is 0 Å². The smallest absolute Gasteiger partial charge is 0.231 e. The Hall–Kier alpha value is -1.14. The number of hydrogen-bond acceptors (Lipinski definition) is 6. The summed E-state index contributed by atoms with van der Waals surface area (Å²) in [5, 5.41) is 12.3. The molecule has 0 radical (unpaired) electrons. The van der Waals surface area contributed by atoms with E-state index in [0.717, 1.165) is 13.0 Å². The van der Waals surface area contributed by atoms with Crippen LogP contribution in [-0.4, -0.2) is 46.3 Å². The maximum atomic E-state index is 9.09. The van der Waals surface area contributed by atoms with Gasteiger partial charge in [-0.15, -0.1) is 0 Å². The van der Waals surface area contributed by atoms with Gasteiger partial charge in [-0.3, -0.25) is 0 Å². The molecule has 0 aliphatic rings. The summed E-state index contributed by atoms with van der Waals surface area (Å²) in [6, 6.07) is -0.0764. The molecule has 1 heterocycles. The van der Waals surface area contributed by atoms with E-state index in [1.807, 2.05) is 6.92 Å². The van der Waals surface area contributed by atoms with E-state index in [4.69, 9.17) is 16.7 Å². The number of aliphatic hydroxyl groups is 1. The summed E-state index contributed by atoms with van der Waals surface area (Å²) in [5.74, 6) is 0.906. The Bertz CT molecular complexity index is 363. The summed E-state index contributed by atoms with van der Waals surface area (Å²) in [4.78, 5) is 14.0. The van der Waals surface area contributed by atoms with Crippen molar-refractivity contribution in [2.45, 2.75) is 26.3 Å². The topological polar surface area (TPSA) is 74.2 Å². The van der Waals surface area contributed by atoms with Gasteiger partial charge in [0.2, 0.25) is 17.2 Å². The van der Waals surface area contributed by atoms with E-state index in [-0.39, 0.29) is 17.9 Å². The molecule has 0 spiro atoms. The van der Waals surface area contributed by atoms with Gasteiger partial charge < -0.3 is 15.3 Å². The lowest BCUT2D eigenvalue weighted by molar-refractivity contribution is 0.269. The first-order valence-corrected chi connectivity index (χ1v) is 5.95. The Labute approximate surface area is 106 Å². The third kappa shape index (κ3) is 3.98. The second-order valence-electron chi connectivity index (χ2n) is 3.80. The molecule has 1 aromatic rings. The lowest BCUT2D eigenvalue weighted by atomic mass is 10.3. The van der Waals surface area contributed by atoms with E-state index in [2.05, 4.69) is 27.2 Å². The molecule has 0 aromatic carbocycles. The summed E-state index contributed by atoms with van der Waals surface area (Å²) in [7, 11) is 1.80. The Morgan fingerprint density at radius 1 is 1.41 bits per heavy atom. The van der Waals surface area contributed by atoms with Crippen LogP contribution >= 0.6 is 11.6 Å². The lowest BCUT2D eigenvalue weighted by Crippen LogP contribution is -2.33. The van der Waals surface area contributed by atoms with E-state index in [1.165, 1.54) is 0 Å². The monoisotopic (exact) mass is 259 g/mol. The van der Waals surface area contributed by atoms with Crippen molar-refractivity contribution in [3.05, 3.63) is 5.28 Å². The van der Waals surface area contributed by atoms with Crippen molar-refractivity contribution in [1.29, 1.82) is 0 Å². The summed E-state index contributed by atoms with van der Waals surface area (Å²) in [5.41, 5.74) is 0. The molecule has 0 saturated heterocycles.